The molecule has 0 spiro atoms. The third-order valence-electron chi connectivity index (χ3n) is 4.83. The number of ether oxygens (including phenoxy) is 2. The van der Waals surface area contributed by atoms with Gasteiger partial charge in [0.05, 0.1) is 19.1 Å². The minimum atomic E-state index is -0.437. The van der Waals surface area contributed by atoms with E-state index in [1.54, 1.807) is 36.3 Å². The van der Waals surface area contributed by atoms with Gasteiger partial charge in [-0.05, 0) is 48.4 Å². The van der Waals surface area contributed by atoms with Crippen molar-refractivity contribution < 1.29 is 23.9 Å². The van der Waals surface area contributed by atoms with Crippen molar-refractivity contribution in [3.8, 4) is 11.5 Å². The van der Waals surface area contributed by atoms with Crippen LogP contribution in [0.15, 0.2) is 23.1 Å². The maximum absolute atomic E-state index is 12.7. The number of hydrogen-bond acceptors (Lipinski definition) is 6. The van der Waals surface area contributed by atoms with Gasteiger partial charge in [0.2, 0.25) is 5.91 Å². The van der Waals surface area contributed by atoms with E-state index in [1.807, 2.05) is 0 Å². The van der Waals surface area contributed by atoms with Gasteiger partial charge in [-0.1, -0.05) is 18.9 Å². The Bertz CT molecular complexity index is 800. The van der Waals surface area contributed by atoms with E-state index in [0.717, 1.165) is 42.3 Å². The third kappa shape index (κ3) is 4.49. The fourth-order valence-corrected chi connectivity index (χ4v) is 4.12. The predicted octanol–water partition coefficient (Wildman–Crippen LogP) is 3.14. The normalized spacial score (nSPS) is 19.1. The molecule has 2 fully saturated rings. The lowest BCUT2D eigenvalue weighted by molar-refractivity contribution is -0.135. The number of rotatable bonds is 5. The summed E-state index contributed by atoms with van der Waals surface area (Å²) >= 11 is 0.849. The van der Waals surface area contributed by atoms with E-state index in [2.05, 4.69) is 0 Å². The number of methoxy groups -OCH3 is 2. The standard InChI is InChI=1S/C20H24N2O5S/c1-26-15-8-7-14(11-16(15)27-2)12-17-19(24)22(20(25)28-17)13-18(23)21-9-5-3-4-6-10-21/h7-8,11-12H,3-6,9-10,13H2,1-2H3/b17-12+. The highest BCUT2D eigenvalue weighted by Gasteiger charge is 2.37. The highest BCUT2D eigenvalue weighted by molar-refractivity contribution is 8.18. The van der Waals surface area contributed by atoms with Gasteiger partial charge in [0.15, 0.2) is 11.5 Å². The first-order valence-corrected chi connectivity index (χ1v) is 10.1. The minimum Gasteiger partial charge on any atom is -0.493 e. The second-order valence-electron chi connectivity index (χ2n) is 6.68. The predicted molar refractivity (Wildman–Crippen MR) is 107 cm³/mol. The van der Waals surface area contributed by atoms with Crippen LogP contribution in [0.1, 0.15) is 31.2 Å². The molecule has 2 saturated heterocycles. The number of carbonyl (C=O) groups excluding carboxylic acids is 3. The number of likely N-dealkylation sites (tertiary alicyclic amines) is 1. The number of hydrogen-bond donors (Lipinski definition) is 0. The summed E-state index contributed by atoms with van der Waals surface area (Å²) in [7, 11) is 3.08. The van der Waals surface area contributed by atoms with Crippen LogP contribution in [-0.4, -0.2) is 60.7 Å². The number of nitrogens with zero attached hydrogens (tertiary/aromatic N) is 2. The van der Waals surface area contributed by atoms with Crippen LogP contribution in [-0.2, 0) is 9.59 Å². The van der Waals surface area contributed by atoms with E-state index < -0.39 is 11.1 Å². The molecule has 150 valence electrons. The van der Waals surface area contributed by atoms with Gasteiger partial charge < -0.3 is 14.4 Å². The van der Waals surface area contributed by atoms with Gasteiger partial charge in [-0.2, -0.15) is 0 Å². The Labute approximate surface area is 168 Å². The van der Waals surface area contributed by atoms with Gasteiger partial charge in [0.1, 0.15) is 6.54 Å². The van der Waals surface area contributed by atoms with Crippen molar-refractivity contribution >= 4 is 34.9 Å². The van der Waals surface area contributed by atoms with Crippen molar-refractivity contribution in [1.82, 2.24) is 9.80 Å². The average molecular weight is 404 g/mol. The quantitative estimate of drug-likeness (QED) is 0.702. The lowest BCUT2D eigenvalue weighted by Gasteiger charge is -2.22. The number of benzene rings is 1. The zero-order valence-corrected chi connectivity index (χ0v) is 16.9. The molecule has 0 radical (unpaired) electrons. The molecule has 1 aromatic carbocycles. The van der Waals surface area contributed by atoms with Gasteiger partial charge in [-0.25, -0.2) is 0 Å². The van der Waals surface area contributed by atoms with Crippen molar-refractivity contribution in [3.05, 3.63) is 28.7 Å². The molecule has 8 heteroatoms. The molecule has 0 unspecified atom stereocenters. The second kappa shape index (κ2) is 9.14. The number of amides is 3. The van der Waals surface area contributed by atoms with Gasteiger partial charge in [0, 0.05) is 13.1 Å². The summed E-state index contributed by atoms with van der Waals surface area (Å²) in [6, 6.07) is 5.24. The lowest BCUT2D eigenvalue weighted by atomic mass is 10.2. The molecule has 3 amide bonds. The maximum atomic E-state index is 12.7. The molecule has 7 nitrogen and oxygen atoms in total. The summed E-state index contributed by atoms with van der Waals surface area (Å²) in [5.41, 5.74) is 0.710. The summed E-state index contributed by atoms with van der Waals surface area (Å²) < 4.78 is 10.5. The highest BCUT2D eigenvalue weighted by Crippen LogP contribution is 2.34. The Morgan fingerprint density at radius 2 is 1.75 bits per heavy atom. The van der Waals surface area contributed by atoms with E-state index in [4.69, 9.17) is 9.47 Å². The van der Waals surface area contributed by atoms with E-state index in [9.17, 15) is 14.4 Å². The van der Waals surface area contributed by atoms with Gasteiger partial charge >= 0.3 is 0 Å². The number of imide groups is 1. The zero-order chi connectivity index (χ0) is 20.1. The Balaban J connectivity index is 1.72. The molecule has 0 saturated carbocycles. The van der Waals surface area contributed by atoms with Crippen molar-refractivity contribution in [1.29, 1.82) is 0 Å². The first-order chi connectivity index (χ1) is 13.5. The minimum absolute atomic E-state index is 0.170. The van der Waals surface area contributed by atoms with Gasteiger partial charge in [0.25, 0.3) is 11.1 Å². The van der Waals surface area contributed by atoms with Crippen LogP contribution < -0.4 is 9.47 Å². The van der Waals surface area contributed by atoms with Crippen molar-refractivity contribution in [3.63, 3.8) is 0 Å². The summed E-state index contributed by atoms with van der Waals surface area (Å²) in [5, 5.41) is -0.417. The molecule has 2 heterocycles. The molecule has 2 aliphatic heterocycles. The maximum Gasteiger partial charge on any atom is 0.294 e. The Kier molecular flexibility index (Phi) is 6.61. The van der Waals surface area contributed by atoms with E-state index in [0.29, 0.717) is 35.1 Å². The third-order valence-corrected chi connectivity index (χ3v) is 5.74. The first-order valence-electron chi connectivity index (χ1n) is 9.28. The Morgan fingerprint density at radius 1 is 1.07 bits per heavy atom. The smallest absolute Gasteiger partial charge is 0.294 e. The van der Waals surface area contributed by atoms with Crippen molar-refractivity contribution in [2.75, 3.05) is 33.9 Å². The lowest BCUT2D eigenvalue weighted by Crippen LogP contribution is -2.42. The van der Waals surface area contributed by atoms with Crippen LogP contribution in [0.4, 0.5) is 4.79 Å². The molecule has 0 aromatic heterocycles. The van der Waals surface area contributed by atoms with Crippen molar-refractivity contribution in [2.45, 2.75) is 25.7 Å². The fraction of sp³-hybridized carbons (Fsp3) is 0.450. The largest absolute Gasteiger partial charge is 0.493 e. The van der Waals surface area contributed by atoms with E-state index in [-0.39, 0.29) is 12.5 Å². The molecule has 0 bridgehead atoms. The molecule has 28 heavy (non-hydrogen) atoms. The average Bonchev–Trinajstić information content (AvgIpc) is 2.91. The van der Waals surface area contributed by atoms with E-state index >= 15 is 0 Å². The Morgan fingerprint density at radius 3 is 2.39 bits per heavy atom. The van der Waals surface area contributed by atoms with E-state index in [1.165, 1.54) is 7.11 Å². The molecule has 0 N–H and O–H groups in total. The molecule has 2 aliphatic rings. The van der Waals surface area contributed by atoms with Crippen LogP contribution in [0.25, 0.3) is 6.08 Å². The van der Waals surface area contributed by atoms with Crippen LogP contribution in [0.2, 0.25) is 0 Å². The Hall–Kier alpha value is -2.48. The molecule has 3 rings (SSSR count). The zero-order valence-electron chi connectivity index (χ0n) is 16.1. The SMILES string of the molecule is COc1ccc(/C=C2/SC(=O)N(CC(=O)N3CCCCCC3)C2=O)cc1OC. The second-order valence-corrected chi connectivity index (χ2v) is 7.67. The van der Waals surface area contributed by atoms with Crippen LogP contribution >= 0.6 is 11.8 Å². The fourth-order valence-electron chi connectivity index (χ4n) is 3.29. The summed E-state index contributed by atoms with van der Waals surface area (Å²) in [5.74, 6) is 0.507. The summed E-state index contributed by atoms with van der Waals surface area (Å²) in [6.45, 7) is 1.18. The topological polar surface area (TPSA) is 76.2 Å². The summed E-state index contributed by atoms with van der Waals surface area (Å²) in [4.78, 5) is 40.6. The van der Waals surface area contributed by atoms with Crippen LogP contribution in [0.5, 0.6) is 11.5 Å². The number of thioether (sulfide) groups is 1. The molecule has 1 aromatic rings. The molecular formula is C20H24N2O5S. The van der Waals surface area contributed by atoms with Crippen LogP contribution in [0, 0.1) is 0 Å². The molecule has 0 aliphatic carbocycles. The molecular weight excluding hydrogens is 380 g/mol. The first kappa shape index (κ1) is 20.3. The highest BCUT2D eigenvalue weighted by atomic mass is 32.2. The van der Waals surface area contributed by atoms with Crippen molar-refractivity contribution in [2.24, 2.45) is 0 Å². The summed E-state index contributed by atoms with van der Waals surface area (Å²) in [6.07, 6.45) is 5.78. The van der Waals surface area contributed by atoms with Gasteiger partial charge in [-0.3, -0.25) is 19.3 Å². The van der Waals surface area contributed by atoms with Crippen LogP contribution in [0.3, 0.4) is 0 Å². The van der Waals surface area contributed by atoms with Gasteiger partial charge in [-0.15, -0.1) is 0 Å². The number of carbonyl (C=O) groups is 3. The monoisotopic (exact) mass is 404 g/mol. The molecule has 0 atom stereocenters.